The van der Waals surface area contributed by atoms with Gasteiger partial charge in [-0.25, -0.2) is 0 Å². The second-order valence-electron chi connectivity index (χ2n) is 11.1. The van der Waals surface area contributed by atoms with Gasteiger partial charge in [-0.2, -0.15) is 0 Å². The van der Waals surface area contributed by atoms with Gasteiger partial charge < -0.3 is 0 Å². The molecule has 1 aromatic heterocycles. The highest BCUT2D eigenvalue weighted by Crippen LogP contribution is 2.46. The van der Waals surface area contributed by atoms with Crippen LogP contribution in [0.1, 0.15) is 0 Å². The molecule has 0 fully saturated rings. The molecule has 0 spiro atoms. The Bertz CT molecular complexity index is 2070. The van der Waals surface area contributed by atoms with E-state index in [9.17, 15) is 0 Å². The van der Waals surface area contributed by atoms with E-state index in [4.69, 9.17) is 0 Å². The Hall–Kier alpha value is -6.06. The van der Waals surface area contributed by atoms with Gasteiger partial charge in [0.25, 0.3) is 0 Å². The molecule has 0 radical (unpaired) electrons. The molecular formula is C42H31N3. The predicted molar refractivity (Wildman–Crippen MR) is 190 cm³/mol. The molecule has 0 saturated heterocycles. The highest BCUT2D eigenvalue weighted by Gasteiger charge is 2.25. The lowest BCUT2D eigenvalue weighted by atomic mass is 10.1. The molecule has 1 heterocycles. The molecule has 8 aromatic rings. The van der Waals surface area contributed by atoms with E-state index in [1.807, 2.05) is 0 Å². The van der Waals surface area contributed by atoms with Crippen molar-refractivity contribution in [3.05, 3.63) is 188 Å². The van der Waals surface area contributed by atoms with E-state index < -0.39 is 0 Å². The summed E-state index contributed by atoms with van der Waals surface area (Å²) in [6.07, 6.45) is 0. The standard InChI is InChI=1S/C42H31N3/c1-4-20-34(21-5-1)43(39-28-14-18-32-16-10-12-26-37(32)39)41-30-31-42(45(41)36-24-8-3-9-25-36)44(35-22-6-2-7-23-35)40-29-15-19-33-17-11-13-27-38(33)40/h1-31H. The van der Waals surface area contributed by atoms with Crippen LogP contribution >= 0.6 is 0 Å². The second kappa shape index (κ2) is 11.6. The van der Waals surface area contributed by atoms with Crippen LogP contribution in [0.5, 0.6) is 0 Å². The summed E-state index contributed by atoms with van der Waals surface area (Å²) in [7, 11) is 0. The summed E-state index contributed by atoms with van der Waals surface area (Å²) in [4.78, 5) is 4.76. The van der Waals surface area contributed by atoms with Crippen LogP contribution < -0.4 is 9.80 Å². The van der Waals surface area contributed by atoms with Gasteiger partial charge in [-0.15, -0.1) is 0 Å². The Kier molecular flexibility index (Phi) is 6.82. The summed E-state index contributed by atoms with van der Waals surface area (Å²) in [5.74, 6) is 2.08. The van der Waals surface area contributed by atoms with Gasteiger partial charge in [-0.3, -0.25) is 14.4 Å². The molecule has 0 bridgehead atoms. The molecule has 0 aliphatic heterocycles. The number of benzene rings is 7. The second-order valence-corrected chi connectivity index (χ2v) is 11.1. The zero-order chi connectivity index (χ0) is 30.0. The molecule has 0 saturated carbocycles. The van der Waals surface area contributed by atoms with Crippen LogP contribution in [0.25, 0.3) is 27.2 Å². The first-order valence-corrected chi connectivity index (χ1v) is 15.3. The van der Waals surface area contributed by atoms with Crippen LogP contribution in [0.4, 0.5) is 34.4 Å². The number of fused-ring (bicyclic) bond motifs is 2. The van der Waals surface area contributed by atoms with E-state index >= 15 is 0 Å². The summed E-state index contributed by atoms with van der Waals surface area (Å²) in [5, 5.41) is 4.80. The fraction of sp³-hybridized carbons (Fsp3) is 0. The van der Waals surface area contributed by atoms with Crippen molar-refractivity contribution in [2.24, 2.45) is 0 Å². The van der Waals surface area contributed by atoms with Crippen molar-refractivity contribution in [1.29, 1.82) is 0 Å². The Balaban J connectivity index is 1.45. The van der Waals surface area contributed by atoms with Gasteiger partial charge in [0.2, 0.25) is 0 Å². The third-order valence-electron chi connectivity index (χ3n) is 8.36. The van der Waals surface area contributed by atoms with Gasteiger partial charge in [0.05, 0.1) is 11.4 Å². The van der Waals surface area contributed by atoms with E-state index in [1.165, 1.54) is 21.5 Å². The predicted octanol–water partition coefficient (Wildman–Crippen LogP) is 11.7. The van der Waals surface area contributed by atoms with Gasteiger partial charge in [0.1, 0.15) is 11.6 Å². The normalized spacial score (nSPS) is 11.1. The van der Waals surface area contributed by atoms with Crippen molar-refractivity contribution in [2.75, 3.05) is 9.80 Å². The number of aromatic nitrogens is 1. The first-order chi connectivity index (χ1) is 22.4. The minimum absolute atomic E-state index is 1.04. The number of hydrogen-bond acceptors (Lipinski definition) is 2. The van der Waals surface area contributed by atoms with Crippen molar-refractivity contribution in [3.63, 3.8) is 0 Å². The number of nitrogens with zero attached hydrogens (tertiary/aromatic N) is 3. The monoisotopic (exact) mass is 577 g/mol. The SMILES string of the molecule is c1ccc(N(c2cccc3ccccc23)c2ccc(N(c3ccccc3)c3cccc4ccccc34)n2-c2ccccc2)cc1. The van der Waals surface area contributed by atoms with E-state index in [-0.39, 0.29) is 0 Å². The van der Waals surface area contributed by atoms with Gasteiger partial charge in [0.15, 0.2) is 0 Å². The summed E-state index contributed by atoms with van der Waals surface area (Å²) in [6, 6.07) is 66.8. The smallest absolute Gasteiger partial charge is 0.124 e. The molecule has 0 aliphatic rings. The van der Waals surface area contributed by atoms with Gasteiger partial charge in [0, 0.05) is 27.8 Å². The fourth-order valence-electron chi connectivity index (χ4n) is 6.36. The molecule has 214 valence electrons. The van der Waals surface area contributed by atoms with Crippen molar-refractivity contribution in [3.8, 4) is 5.69 Å². The van der Waals surface area contributed by atoms with E-state index in [2.05, 4.69) is 202 Å². The third kappa shape index (κ3) is 4.81. The van der Waals surface area contributed by atoms with Crippen molar-refractivity contribution in [2.45, 2.75) is 0 Å². The van der Waals surface area contributed by atoms with Gasteiger partial charge >= 0.3 is 0 Å². The summed E-state index contributed by atoms with van der Waals surface area (Å²) in [5.41, 5.74) is 5.50. The number of anilines is 6. The quantitative estimate of drug-likeness (QED) is 0.187. The molecule has 3 nitrogen and oxygen atoms in total. The minimum Gasteiger partial charge on any atom is -0.295 e. The zero-order valence-corrected chi connectivity index (χ0v) is 24.7. The number of rotatable bonds is 7. The zero-order valence-electron chi connectivity index (χ0n) is 24.7. The molecule has 8 rings (SSSR count). The Morgan fingerprint density at radius 2 is 0.689 bits per heavy atom. The lowest BCUT2D eigenvalue weighted by Crippen LogP contribution is -2.18. The summed E-state index contributed by atoms with van der Waals surface area (Å²) < 4.78 is 2.38. The van der Waals surface area contributed by atoms with Crippen LogP contribution in [0.15, 0.2) is 188 Å². The molecule has 7 aromatic carbocycles. The Morgan fingerprint density at radius 3 is 1.16 bits per heavy atom. The van der Waals surface area contributed by atoms with Gasteiger partial charge in [-0.1, -0.05) is 127 Å². The Morgan fingerprint density at radius 1 is 0.311 bits per heavy atom. The van der Waals surface area contributed by atoms with Crippen LogP contribution in [-0.4, -0.2) is 4.57 Å². The molecule has 0 N–H and O–H groups in total. The van der Waals surface area contributed by atoms with Crippen molar-refractivity contribution >= 4 is 55.9 Å². The average molecular weight is 578 g/mol. The van der Waals surface area contributed by atoms with E-state index in [0.29, 0.717) is 0 Å². The first kappa shape index (κ1) is 26.6. The summed E-state index contributed by atoms with van der Waals surface area (Å²) in [6.45, 7) is 0. The van der Waals surface area contributed by atoms with E-state index in [0.717, 1.165) is 40.1 Å². The maximum Gasteiger partial charge on any atom is 0.124 e. The highest BCUT2D eigenvalue weighted by molar-refractivity contribution is 6.01. The highest BCUT2D eigenvalue weighted by atomic mass is 15.3. The molecule has 3 heteroatoms. The van der Waals surface area contributed by atoms with Crippen LogP contribution in [0, 0.1) is 0 Å². The molecule has 0 unspecified atom stereocenters. The van der Waals surface area contributed by atoms with Crippen LogP contribution in [0.2, 0.25) is 0 Å². The van der Waals surface area contributed by atoms with Crippen LogP contribution in [-0.2, 0) is 0 Å². The third-order valence-corrected chi connectivity index (χ3v) is 8.36. The van der Waals surface area contributed by atoms with Gasteiger partial charge in [-0.05, 0) is 71.4 Å². The van der Waals surface area contributed by atoms with Crippen LogP contribution in [0.3, 0.4) is 0 Å². The first-order valence-electron chi connectivity index (χ1n) is 15.3. The van der Waals surface area contributed by atoms with Crippen molar-refractivity contribution in [1.82, 2.24) is 4.57 Å². The van der Waals surface area contributed by atoms with Crippen molar-refractivity contribution < 1.29 is 0 Å². The topological polar surface area (TPSA) is 11.4 Å². The lowest BCUT2D eigenvalue weighted by Gasteiger charge is -2.31. The number of hydrogen-bond donors (Lipinski definition) is 0. The molecule has 45 heavy (non-hydrogen) atoms. The molecule has 0 amide bonds. The largest absolute Gasteiger partial charge is 0.295 e. The number of para-hydroxylation sites is 3. The lowest BCUT2D eigenvalue weighted by molar-refractivity contribution is 1.02. The fourth-order valence-corrected chi connectivity index (χ4v) is 6.36. The maximum absolute atomic E-state index is 2.38. The average Bonchev–Trinajstić information content (AvgIpc) is 3.54. The minimum atomic E-state index is 1.04. The molecular weight excluding hydrogens is 546 g/mol. The Labute approximate surface area is 263 Å². The summed E-state index contributed by atoms with van der Waals surface area (Å²) >= 11 is 0. The van der Waals surface area contributed by atoms with E-state index in [1.54, 1.807) is 0 Å². The maximum atomic E-state index is 2.38. The molecule has 0 aliphatic carbocycles. The molecule has 0 atom stereocenters.